The van der Waals surface area contributed by atoms with Gasteiger partial charge in [0.25, 0.3) is 5.91 Å². The van der Waals surface area contributed by atoms with E-state index in [1.807, 2.05) is 48.5 Å². The molecule has 1 aliphatic rings. The molecule has 0 saturated carbocycles. The van der Waals surface area contributed by atoms with Crippen molar-refractivity contribution in [1.29, 1.82) is 0 Å². The van der Waals surface area contributed by atoms with Crippen molar-refractivity contribution in [3.05, 3.63) is 65.2 Å². The molecule has 1 unspecified atom stereocenters. The van der Waals surface area contributed by atoms with Crippen LogP contribution in [0.5, 0.6) is 0 Å². The van der Waals surface area contributed by atoms with E-state index in [1.54, 1.807) is 0 Å². The minimum Gasteiger partial charge on any atom is -0.368 e. The van der Waals surface area contributed by atoms with Gasteiger partial charge in [0.15, 0.2) is 0 Å². The van der Waals surface area contributed by atoms with E-state index in [4.69, 9.17) is 5.73 Å². The summed E-state index contributed by atoms with van der Waals surface area (Å²) in [7, 11) is 0. The van der Waals surface area contributed by atoms with E-state index in [-0.39, 0.29) is 17.9 Å². The molecule has 0 aliphatic carbocycles. The lowest BCUT2D eigenvalue weighted by Gasteiger charge is -2.24. The molecule has 2 aromatic carbocycles. The Kier molecular flexibility index (Phi) is 7.82. The van der Waals surface area contributed by atoms with Crippen LogP contribution in [0, 0.1) is 0 Å². The molecule has 1 fully saturated rings. The fourth-order valence-electron chi connectivity index (χ4n) is 4.19. The van der Waals surface area contributed by atoms with Crippen LogP contribution in [0.25, 0.3) is 0 Å². The first-order valence-electron chi connectivity index (χ1n) is 11.1. The van der Waals surface area contributed by atoms with Crippen LogP contribution in [0.3, 0.4) is 0 Å². The van der Waals surface area contributed by atoms with Crippen molar-refractivity contribution in [1.82, 2.24) is 9.80 Å². The number of carbonyl (C=O) groups excluding carboxylic acids is 2. The number of carbonyl (C=O) groups is 2. The number of nitrogens with two attached hydrogens (primary N) is 1. The maximum atomic E-state index is 12.9. The molecule has 6 heteroatoms. The molecule has 1 heterocycles. The lowest BCUT2D eigenvalue weighted by Crippen LogP contribution is -2.39. The fraction of sp³-hybridized carbons (Fsp3) is 0.440. The lowest BCUT2D eigenvalue weighted by molar-refractivity contribution is -0.122. The molecule has 3 N–H and O–H groups in total. The Labute approximate surface area is 185 Å². The van der Waals surface area contributed by atoms with Crippen molar-refractivity contribution in [3.63, 3.8) is 0 Å². The van der Waals surface area contributed by atoms with Crippen molar-refractivity contribution >= 4 is 17.5 Å². The second-order valence-electron chi connectivity index (χ2n) is 8.50. The maximum Gasteiger partial charge on any atom is 0.255 e. The second-order valence-corrected chi connectivity index (χ2v) is 8.50. The van der Waals surface area contributed by atoms with Gasteiger partial charge < -0.3 is 11.1 Å². The topological polar surface area (TPSA) is 78.7 Å². The molecule has 0 aromatic heterocycles. The highest BCUT2D eigenvalue weighted by Crippen LogP contribution is 2.24. The van der Waals surface area contributed by atoms with Crippen molar-refractivity contribution in [2.24, 2.45) is 5.73 Å². The Bertz CT molecular complexity index is 895. The van der Waals surface area contributed by atoms with E-state index in [2.05, 4.69) is 35.9 Å². The molecule has 6 nitrogen and oxygen atoms in total. The van der Waals surface area contributed by atoms with Gasteiger partial charge in [-0.15, -0.1) is 0 Å². The van der Waals surface area contributed by atoms with Crippen LogP contribution in [0.4, 0.5) is 5.69 Å². The number of anilines is 1. The summed E-state index contributed by atoms with van der Waals surface area (Å²) >= 11 is 0. The Morgan fingerprint density at radius 1 is 1.16 bits per heavy atom. The quantitative estimate of drug-likeness (QED) is 0.647. The number of hydrogen-bond donors (Lipinski definition) is 2. The predicted octanol–water partition coefficient (Wildman–Crippen LogP) is 3.62. The zero-order chi connectivity index (χ0) is 22.4. The Balaban J connectivity index is 1.67. The second kappa shape index (κ2) is 10.6. The van der Waals surface area contributed by atoms with Gasteiger partial charge in [-0.05, 0) is 69.1 Å². The number of rotatable bonds is 9. The predicted molar refractivity (Wildman–Crippen MR) is 125 cm³/mol. The Hall–Kier alpha value is -2.70. The summed E-state index contributed by atoms with van der Waals surface area (Å²) in [5, 5.41) is 3.04. The molecule has 1 aliphatic heterocycles. The van der Waals surface area contributed by atoms with Crippen LogP contribution >= 0.6 is 0 Å². The fourth-order valence-corrected chi connectivity index (χ4v) is 4.19. The van der Waals surface area contributed by atoms with Gasteiger partial charge in [-0.1, -0.05) is 37.3 Å². The number of nitrogens with zero attached hydrogens (tertiary/aromatic N) is 2. The molecular formula is C25H34N4O2. The summed E-state index contributed by atoms with van der Waals surface area (Å²) in [6, 6.07) is 15.8. The highest BCUT2D eigenvalue weighted by atomic mass is 16.2. The van der Waals surface area contributed by atoms with Crippen LogP contribution in [0.1, 0.15) is 55.1 Å². The SMILES string of the molecule is CCN(Cc1ccc(C(=O)Nc2ccccc2CN2CCCC2C(N)=O)cc1)C(C)C. The van der Waals surface area contributed by atoms with Gasteiger partial charge in [0.2, 0.25) is 5.91 Å². The monoisotopic (exact) mass is 422 g/mol. The zero-order valence-electron chi connectivity index (χ0n) is 18.8. The van der Waals surface area contributed by atoms with Crippen LogP contribution in [-0.2, 0) is 17.9 Å². The molecule has 0 bridgehead atoms. The number of amides is 2. The minimum absolute atomic E-state index is 0.136. The number of nitrogens with one attached hydrogen (secondary N) is 1. The molecule has 1 saturated heterocycles. The molecule has 31 heavy (non-hydrogen) atoms. The molecule has 2 aromatic rings. The summed E-state index contributed by atoms with van der Waals surface area (Å²) < 4.78 is 0. The van der Waals surface area contributed by atoms with Gasteiger partial charge in [-0.2, -0.15) is 0 Å². The average Bonchev–Trinajstić information content (AvgIpc) is 3.22. The molecule has 0 spiro atoms. The van der Waals surface area contributed by atoms with E-state index in [1.165, 1.54) is 5.56 Å². The van der Waals surface area contributed by atoms with Gasteiger partial charge in [0.1, 0.15) is 0 Å². The van der Waals surface area contributed by atoms with Crippen LogP contribution in [0.2, 0.25) is 0 Å². The highest BCUT2D eigenvalue weighted by molar-refractivity contribution is 6.04. The van der Waals surface area contributed by atoms with Gasteiger partial charge in [0, 0.05) is 30.4 Å². The normalized spacial score (nSPS) is 16.7. The van der Waals surface area contributed by atoms with E-state index >= 15 is 0 Å². The smallest absolute Gasteiger partial charge is 0.255 e. The van der Waals surface area contributed by atoms with Gasteiger partial charge in [0.05, 0.1) is 6.04 Å². The van der Waals surface area contributed by atoms with Crippen LogP contribution in [-0.4, -0.2) is 46.8 Å². The Morgan fingerprint density at radius 3 is 2.52 bits per heavy atom. The summed E-state index contributed by atoms with van der Waals surface area (Å²) in [4.78, 5) is 29.0. The van der Waals surface area contributed by atoms with Gasteiger partial charge >= 0.3 is 0 Å². The molecule has 3 rings (SSSR count). The third-order valence-electron chi connectivity index (χ3n) is 6.07. The van der Waals surface area contributed by atoms with Crippen molar-refractivity contribution < 1.29 is 9.59 Å². The van der Waals surface area contributed by atoms with Crippen molar-refractivity contribution in [2.45, 2.75) is 58.8 Å². The van der Waals surface area contributed by atoms with E-state index in [9.17, 15) is 9.59 Å². The number of primary amides is 1. The summed E-state index contributed by atoms with van der Waals surface area (Å²) in [5.74, 6) is -0.415. The molecule has 1 atom stereocenters. The third-order valence-corrected chi connectivity index (χ3v) is 6.07. The first-order chi connectivity index (χ1) is 14.9. The van der Waals surface area contributed by atoms with E-state index in [0.717, 1.165) is 43.7 Å². The molecular weight excluding hydrogens is 388 g/mol. The zero-order valence-corrected chi connectivity index (χ0v) is 18.8. The number of hydrogen-bond acceptors (Lipinski definition) is 4. The van der Waals surface area contributed by atoms with E-state index < -0.39 is 0 Å². The standard InChI is InChI=1S/C25H34N4O2/c1-4-28(18(2)3)16-19-11-13-20(14-12-19)25(31)27-22-9-6-5-8-21(22)17-29-15-7-10-23(29)24(26)30/h5-6,8-9,11-14,18,23H,4,7,10,15-17H2,1-3H3,(H2,26,30)(H,27,31). The van der Waals surface area contributed by atoms with Gasteiger partial charge in [-0.25, -0.2) is 0 Å². The Morgan fingerprint density at radius 2 is 1.87 bits per heavy atom. The number of benzene rings is 2. The first kappa shape index (κ1) is 23.0. The molecule has 166 valence electrons. The van der Waals surface area contributed by atoms with Crippen LogP contribution < -0.4 is 11.1 Å². The lowest BCUT2D eigenvalue weighted by atomic mass is 10.1. The molecule has 0 radical (unpaired) electrons. The molecule has 2 amide bonds. The minimum atomic E-state index is -0.279. The van der Waals surface area contributed by atoms with E-state index in [0.29, 0.717) is 18.2 Å². The first-order valence-corrected chi connectivity index (χ1v) is 11.1. The maximum absolute atomic E-state index is 12.9. The number of para-hydroxylation sites is 1. The summed E-state index contributed by atoms with van der Waals surface area (Å²) in [5.41, 5.74) is 9.12. The summed E-state index contributed by atoms with van der Waals surface area (Å²) in [6.07, 6.45) is 1.75. The number of likely N-dealkylation sites (tertiary alicyclic amines) is 1. The van der Waals surface area contributed by atoms with Crippen LogP contribution in [0.15, 0.2) is 48.5 Å². The van der Waals surface area contributed by atoms with Crippen molar-refractivity contribution in [3.8, 4) is 0 Å². The average molecular weight is 423 g/mol. The van der Waals surface area contributed by atoms with Crippen molar-refractivity contribution in [2.75, 3.05) is 18.4 Å². The summed E-state index contributed by atoms with van der Waals surface area (Å²) in [6.45, 7) is 9.83. The highest BCUT2D eigenvalue weighted by Gasteiger charge is 2.29. The van der Waals surface area contributed by atoms with Gasteiger partial charge in [-0.3, -0.25) is 19.4 Å². The third kappa shape index (κ3) is 5.93. The largest absolute Gasteiger partial charge is 0.368 e.